The van der Waals surface area contributed by atoms with Gasteiger partial charge in [-0.25, -0.2) is 4.98 Å². The molecule has 2 aromatic rings. The van der Waals surface area contributed by atoms with Gasteiger partial charge in [-0.3, -0.25) is 20.4 Å². The lowest BCUT2D eigenvalue weighted by Crippen LogP contribution is -2.48. The number of hydrogen-bond donors (Lipinski definition) is 4. The van der Waals surface area contributed by atoms with Crippen LogP contribution in [0, 0.1) is 13.8 Å². The quantitative estimate of drug-likeness (QED) is 0.482. The summed E-state index contributed by atoms with van der Waals surface area (Å²) in [7, 11) is 0. The van der Waals surface area contributed by atoms with E-state index in [-0.39, 0.29) is 17.9 Å². The molecule has 0 saturated heterocycles. The number of thiocarbonyl (C=S) groups is 1. The van der Waals surface area contributed by atoms with Crippen molar-refractivity contribution in [2.24, 2.45) is 0 Å². The van der Waals surface area contributed by atoms with Crippen molar-refractivity contribution in [3.63, 3.8) is 0 Å². The fourth-order valence-electron chi connectivity index (χ4n) is 2.15. The highest BCUT2D eigenvalue weighted by Gasteiger charge is 2.21. The van der Waals surface area contributed by atoms with Crippen LogP contribution in [0.25, 0.3) is 10.2 Å². The van der Waals surface area contributed by atoms with E-state index in [1.54, 1.807) is 0 Å². The molecule has 0 aliphatic heterocycles. The Balaban J connectivity index is 1.65. The molecule has 0 atom stereocenters. The minimum absolute atomic E-state index is 0.0276. The maximum atomic E-state index is 12.1. The van der Waals surface area contributed by atoms with Gasteiger partial charge in [0.25, 0.3) is 5.56 Å². The number of aryl methyl sites for hydroxylation is 2. The normalized spacial score (nSPS) is 13.8. The van der Waals surface area contributed by atoms with Gasteiger partial charge in [0, 0.05) is 10.9 Å². The number of H-pyrrole nitrogens is 1. The molecule has 1 fully saturated rings. The van der Waals surface area contributed by atoms with Gasteiger partial charge in [0.05, 0.1) is 11.8 Å². The number of carbonyl (C=O) groups is 1. The number of thiophene rings is 1. The van der Waals surface area contributed by atoms with Gasteiger partial charge in [-0.05, 0) is 44.5 Å². The summed E-state index contributed by atoms with van der Waals surface area (Å²) in [6.07, 6.45) is 2.17. The molecule has 0 unspecified atom stereocenters. The third-order valence-corrected chi connectivity index (χ3v) is 4.97. The van der Waals surface area contributed by atoms with Gasteiger partial charge in [0.1, 0.15) is 10.7 Å². The smallest absolute Gasteiger partial charge is 0.259 e. The molecular weight excluding hydrogens is 334 g/mol. The van der Waals surface area contributed by atoms with E-state index in [9.17, 15) is 9.59 Å². The summed E-state index contributed by atoms with van der Waals surface area (Å²) in [6.45, 7) is 3.85. The number of fused-ring (bicyclic) bond motifs is 1. The van der Waals surface area contributed by atoms with E-state index in [0.717, 1.165) is 23.3 Å². The standard InChI is InChI=1S/C14H17N5O2S2/c1-6-7(2)23-13-11(6)12(21)16-9(17-13)5-10(20)18-19-14(22)15-8-3-4-8/h8H,3-5H2,1-2H3,(H,18,20)(H2,15,19,22)(H,16,17,21). The van der Waals surface area contributed by atoms with Gasteiger partial charge in [-0.1, -0.05) is 0 Å². The largest absolute Gasteiger partial charge is 0.359 e. The van der Waals surface area contributed by atoms with Crippen LogP contribution in [0.5, 0.6) is 0 Å². The van der Waals surface area contributed by atoms with Crippen molar-refractivity contribution >= 4 is 44.8 Å². The first-order valence-electron chi connectivity index (χ1n) is 7.28. The molecule has 4 N–H and O–H groups in total. The molecule has 7 nitrogen and oxygen atoms in total. The van der Waals surface area contributed by atoms with Crippen LogP contribution < -0.4 is 21.7 Å². The Morgan fingerprint density at radius 2 is 2.13 bits per heavy atom. The molecule has 0 spiro atoms. The van der Waals surface area contributed by atoms with Crippen molar-refractivity contribution in [2.45, 2.75) is 39.2 Å². The van der Waals surface area contributed by atoms with Crippen LogP contribution in [0.1, 0.15) is 29.1 Å². The first-order valence-corrected chi connectivity index (χ1v) is 8.50. The fourth-order valence-corrected chi connectivity index (χ4v) is 3.42. The molecule has 9 heteroatoms. The van der Waals surface area contributed by atoms with E-state index in [2.05, 4.69) is 26.1 Å². The zero-order valence-corrected chi connectivity index (χ0v) is 14.4. The predicted molar refractivity (Wildman–Crippen MR) is 93.5 cm³/mol. The molecule has 2 aromatic heterocycles. The zero-order chi connectivity index (χ0) is 16.6. The number of nitrogens with zero attached hydrogens (tertiary/aromatic N) is 1. The van der Waals surface area contributed by atoms with Crippen molar-refractivity contribution in [2.75, 3.05) is 0 Å². The Kier molecular flexibility index (Phi) is 4.31. The topological polar surface area (TPSA) is 98.9 Å². The first-order chi connectivity index (χ1) is 10.9. The number of amides is 1. The minimum atomic E-state index is -0.322. The molecule has 1 aliphatic rings. The number of nitrogens with one attached hydrogen (secondary N) is 4. The predicted octanol–water partition coefficient (Wildman–Crippen LogP) is 0.802. The summed E-state index contributed by atoms with van der Waals surface area (Å²) in [6, 6.07) is 0.414. The summed E-state index contributed by atoms with van der Waals surface area (Å²) >= 11 is 6.50. The molecular formula is C14H17N5O2S2. The summed E-state index contributed by atoms with van der Waals surface area (Å²) < 4.78 is 0. The highest BCUT2D eigenvalue weighted by atomic mass is 32.1. The monoisotopic (exact) mass is 351 g/mol. The van der Waals surface area contributed by atoms with E-state index in [1.807, 2.05) is 13.8 Å². The second-order valence-corrected chi connectivity index (χ2v) is 7.19. The summed E-state index contributed by atoms with van der Waals surface area (Å²) in [5.41, 5.74) is 5.87. The Labute approximate surface area is 141 Å². The van der Waals surface area contributed by atoms with Crippen LogP contribution in [-0.4, -0.2) is 27.0 Å². The van der Waals surface area contributed by atoms with Crippen molar-refractivity contribution in [1.29, 1.82) is 0 Å². The van der Waals surface area contributed by atoms with Crippen LogP contribution >= 0.6 is 23.6 Å². The van der Waals surface area contributed by atoms with Gasteiger partial charge < -0.3 is 10.3 Å². The molecule has 2 heterocycles. The van der Waals surface area contributed by atoms with Crippen molar-refractivity contribution in [3.8, 4) is 0 Å². The maximum Gasteiger partial charge on any atom is 0.259 e. The Hall–Kier alpha value is -2.00. The average molecular weight is 351 g/mol. The van der Waals surface area contributed by atoms with Gasteiger partial charge in [-0.15, -0.1) is 11.3 Å². The molecule has 0 bridgehead atoms. The number of rotatable bonds is 3. The van der Waals surface area contributed by atoms with Gasteiger partial charge in [0.2, 0.25) is 5.91 Å². The van der Waals surface area contributed by atoms with E-state index in [1.165, 1.54) is 11.3 Å². The molecule has 3 rings (SSSR count). The lowest BCUT2D eigenvalue weighted by molar-refractivity contribution is -0.121. The van der Waals surface area contributed by atoms with E-state index < -0.39 is 0 Å². The van der Waals surface area contributed by atoms with Crippen molar-refractivity contribution in [1.82, 2.24) is 26.1 Å². The third-order valence-electron chi connectivity index (χ3n) is 3.64. The third kappa shape index (κ3) is 3.67. The lowest BCUT2D eigenvalue weighted by atomic mass is 10.2. The highest BCUT2D eigenvalue weighted by molar-refractivity contribution is 7.80. The van der Waals surface area contributed by atoms with Crippen LogP contribution in [0.3, 0.4) is 0 Å². The number of carbonyl (C=O) groups excluding carboxylic acids is 1. The lowest BCUT2D eigenvalue weighted by Gasteiger charge is -2.10. The summed E-state index contributed by atoms with van der Waals surface area (Å²) in [5, 5.41) is 4.04. The molecule has 1 aliphatic carbocycles. The van der Waals surface area contributed by atoms with Crippen LogP contribution in [-0.2, 0) is 11.2 Å². The van der Waals surface area contributed by atoms with E-state index in [0.29, 0.717) is 27.2 Å². The maximum absolute atomic E-state index is 12.1. The van der Waals surface area contributed by atoms with E-state index in [4.69, 9.17) is 12.2 Å². The first kappa shape index (κ1) is 15.9. The second-order valence-electron chi connectivity index (χ2n) is 5.57. The SMILES string of the molecule is Cc1sc2nc(CC(=O)NNC(=S)NC3CC3)[nH]c(=O)c2c1C. The van der Waals surface area contributed by atoms with Crippen LogP contribution in [0.15, 0.2) is 4.79 Å². The van der Waals surface area contributed by atoms with Gasteiger partial charge >= 0.3 is 0 Å². The molecule has 0 aromatic carbocycles. The van der Waals surface area contributed by atoms with Crippen LogP contribution in [0.4, 0.5) is 0 Å². The number of aromatic nitrogens is 2. The Morgan fingerprint density at radius 1 is 1.39 bits per heavy atom. The number of aromatic amines is 1. The number of hydrogen-bond acceptors (Lipinski definition) is 5. The Morgan fingerprint density at radius 3 is 2.83 bits per heavy atom. The molecule has 1 saturated carbocycles. The second kappa shape index (κ2) is 6.25. The fraction of sp³-hybridized carbons (Fsp3) is 0.429. The minimum Gasteiger partial charge on any atom is -0.359 e. The summed E-state index contributed by atoms with van der Waals surface area (Å²) in [4.78, 5) is 32.8. The van der Waals surface area contributed by atoms with Crippen molar-refractivity contribution < 1.29 is 4.79 Å². The zero-order valence-electron chi connectivity index (χ0n) is 12.8. The molecule has 122 valence electrons. The van der Waals surface area contributed by atoms with Gasteiger partial charge in [-0.2, -0.15) is 0 Å². The summed E-state index contributed by atoms with van der Waals surface area (Å²) in [5.74, 6) is 0.0153. The van der Waals surface area contributed by atoms with Crippen LogP contribution in [0.2, 0.25) is 0 Å². The molecule has 1 amide bonds. The molecule has 0 radical (unpaired) electrons. The van der Waals surface area contributed by atoms with E-state index >= 15 is 0 Å². The molecule has 23 heavy (non-hydrogen) atoms. The Bertz CT molecular complexity index is 838. The van der Waals surface area contributed by atoms with Gasteiger partial charge in [0.15, 0.2) is 5.11 Å². The van der Waals surface area contributed by atoms with Crippen molar-refractivity contribution in [3.05, 3.63) is 26.6 Å². The number of hydrazine groups is 1. The average Bonchev–Trinajstić information content (AvgIpc) is 3.23. The highest BCUT2D eigenvalue weighted by Crippen LogP contribution is 2.25.